The third-order valence-corrected chi connectivity index (χ3v) is 10.1. The van der Waals surface area contributed by atoms with Gasteiger partial charge in [-0.25, -0.2) is 0 Å². The summed E-state index contributed by atoms with van der Waals surface area (Å²) < 4.78 is 17.1. The van der Waals surface area contributed by atoms with Crippen LogP contribution in [0.3, 0.4) is 0 Å². The Morgan fingerprint density at radius 2 is 0.906 bits per heavy atom. The smallest absolute Gasteiger partial charge is 0.306 e. The summed E-state index contributed by atoms with van der Waals surface area (Å²) in [7, 11) is 5.37. The predicted octanol–water partition coefficient (Wildman–Crippen LogP) is 12.9. The molecule has 0 rings (SSSR count). The molecule has 0 aliphatic carbocycles. The summed E-state index contributed by atoms with van der Waals surface area (Å²) in [6.45, 7) is 4.40. The number of quaternary nitrogens is 1. The molecule has 0 saturated carbocycles. The molecule has 0 heterocycles. The molecule has 0 spiro atoms. The zero-order chi connectivity index (χ0) is 47.0. The van der Waals surface area contributed by atoms with Crippen LogP contribution in [0.2, 0.25) is 0 Å². The van der Waals surface area contributed by atoms with Crippen LogP contribution in [0.1, 0.15) is 162 Å². The number of carboxylic acids is 1. The van der Waals surface area contributed by atoms with E-state index in [1.54, 1.807) is 21.1 Å². The molecular formula is C56H89NO7. The third-order valence-electron chi connectivity index (χ3n) is 10.1. The summed E-state index contributed by atoms with van der Waals surface area (Å²) in [6, 6.07) is -0.749. The molecule has 0 bridgehead atoms. The number of carbonyl (C=O) groups is 3. The highest BCUT2D eigenvalue weighted by Crippen LogP contribution is 2.12. The molecule has 8 heteroatoms. The zero-order valence-electron chi connectivity index (χ0n) is 40.9. The van der Waals surface area contributed by atoms with Crippen LogP contribution in [0, 0.1) is 0 Å². The van der Waals surface area contributed by atoms with Crippen LogP contribution in [0.25, 0.3) is 0 Å². The lowest BCUT2D eigenvalue weighted by Gasteiger charge is -2.34. The van der Waals surface area contributed by atoms with Gasteiger partial charge >= 0.3 is 11.9 Å². The van der Waals surface area contributed by atoms with Crippen LogP contribution < -0.4 is 5.11 Å². The number of nitrogens with zero attached hydrogens (tertiary/aromatic N) is 1. The van der Waals surface area contributed by atoms with Gasteiger partial charge in [-0.2, -0.15) is 0 Å². The monoisotopic (exact) mass is 888 g/mol. The summed E-state index contributed by atoms with van der Waals surface area (Å²) in [4.78, 5) is 37.0. The van der Waals surface area contributed by atoms with E-state index >= 15 is 0 Å². The van der Waals surface area contributed by atoms with Crippen molar-refractivity contribution in [1.29, 1.82) is 0 Å². The Kier molecular flexibility index (Phi) is 42.3. The molecular weight excluding hydrogens is 799 g/mol. The van der Waals surface area contributed by atoms with Gasteiger partial charge in [0.05, 0.1) is 40.3 Å². The van der Waals surface area contributed by atoms with E-state index in [9.17, 15) is 19.5 Å². The first kappa shape index (κ1) is 59.7. The van der Waals surface area contributed by atoms with Crippen molar-refractivity contribution in [3.8, 4) is 0 Å². The van der Waals surface area contributed by atoms with Gasteiger partial charge < -0.3 is 28.6 Å². The van der Waals surface area contributed by atoms with Crippen molar-refractivity contribution in [3.05, 3.63) is 122 Å². The predicted molar refractivity (Wildman–Crippen MR) is 267 cm³/mol. The summed E-state index contributed by atoms with van der Waals surface area (Å²) in [5.41, 5.74) is 0. The number of ether oxygens (including phenoxy) is 3. The molecule has 0 amide bonds. The Morgan fingerprint density at radius 3 is 1.36 bits per heavy atom. The molecule has 0 saturated heterocycles. The fourth-order valence-electron chi connectivity index (χ4n) is 6.31. The standard InChI is InChI=1S/C56H89NO7/c1-6-8-10-12-14-16-18-20-22-24-26-27-29-31-33-35-37-39-41-43-45-47-55(59)64-52(50-62-49-48-53(56(60)61)57(3,4)5)51-63-54(58)46-44-42-40-38-36-34-32-30-28-25-23-21-19-17-15-13-11-9-7-2/h9,11,14-17,20-23,26-28,30-31,33-34,36,40,42,52-53H,6-8,10,12-13,18-19,24-25,29,32,35,37-39,41,43-51H2,1-5H3/b11-9+,16-14+,17-15+,22-20+,23-21+,27-26+,30-28+,33-31+,36-34+,42-40+. The Morgan fingerprint density at radius 1 is 0.484 bits per heavy atom. The van der Waals surface area contributed by atoms with Gasteiger partial charge in [-0.1, -0.05) is 167 Å². The fourth-order valence-corrected chi connectivity index (χ4v) is 6.31. The number of carboxylic acid groups (broad SMARTS) is 1. The van der Waals surface area contributed by atoms with E-state index in [1.165, 1.54) is 25.7 Å². The maximum atomic E-state index is 12.8. The normalized spacial score (nSPS) is 14.0. The Labute approximate surface area is 391 Å². The molecule has 2 atom stereocenters. The summed E-state index contributed by atoms with van der Waals surface area (Å²) in [5, 5.41) is 11.7. The van der Waals surface area contributed by atoms with E-state index in [2.05, 4.69) is 123 Å². The minimum atomic E-state index is -1.14. The Bertz CT molecular complexity index is 1450. The highest BCUT2D eigenvalue weighted by Gasteiger charge is 2.25. The first-order valence-electron chi connectivity index (χ1n) is 24.6. The molecule has 8 nitrogen and oxygen atoms in total. The van der Waals surface area contributed by atoms with E-state index < -0.39 is 18.1 Å². The second-order valence-corrected chi connectivity index (χ2v) is 17.0. The van der Waals surface area contributed by atoms with Gasteiger partial charge in [-0.3, -0.25) is 9.59 Å². The van der Waals surface area contributed by atoms with Crippen LogP contribution in [-0.2, 0) is 28.6 Å². The lowest BCUT2D eigenvalue weighted by Crippen LogP contribution is -2.55. The van der Waals surface area contributed by atoms with E-state index in [0.29, 0.717) is 6.42 Å². The number of aliphatic carboxylic acids is 1. The highest BCUT2D eigenvalue weighted by molar-refractivity contribution is 5.70. The topological polar surface area (TPSA) is 102 Å². The minimum absolute atomic E-state index is 0.000558. The van der Waals surface area contributed by atoms with Crippen molar-refractivity contribution in [1.82, 2.24) is 0 Å². The number of carbonyl (C=O) groups excluding carboxylic acids is 3. The number of hydrogen-bond acceptors (Lipinski definition) is 7. The van der Waals surface area contributed by atoms with Crippen molar-refractivity contribution in [2.45, 2.75) is 174 Å². The first-order chi connectivity index (χ1) is 31.1. The third kappa shape index (κ3) is 43.0. The molecule has 0 aliphatic heterocycles. The molecule has 64 heavy (non-hydrogen) atoms. The highest BCUT2D eigenvalue weighted by atomic mass is 16.6. The molecule has 0 aromatic rings. The second kappa shape index (κ2) is 45.3. The van der Waals surface area contributed by atoms with Crippen molar-refractivity contribution in [2.24, 2.45) is 0 Å². The molecule has 0 N–H and O–H groups in total. The maximum Gasteiger partial charge on any atom is 0.306 e. The van der Waals surface area contributed by atoms with Crippen molar-refractivity contribution in [2.75, 3.05) is 41.0 Å². The Hall–Kier alpha value is -4.27. The van der Waals surface area contributed by atoms with Crippen LogP contribution in [-0.4, -0.2) is 75.5 Å². The van der Waals surface area contributed by atoms with Crippen molar-refractivity contribution in [3.63, 3.8) is 0 Å². The number of hydrogen-bond donors (Lipinski definition) is 0. The van der Waals surface area contributed by atoms with Crippen LogP contribution in [0.5, 0.6) is 0 Å². The molecule has 2 unspecified atom stereocenters. The number of esters is 2. The molecule has 360 valence electrons. The van der Waals surface area contributed by atoms with E-state index in [4.69, 9.17) is 14.2 Å². The second-order valence-electron chi connectivity index (χ2n) is 17.0. The minimum Gasteiger partial charge on any atom is -0.544 e. The number of allylic oxidation sites excluding steroid dienone is 20. The molecule has 0 fully saturated rings. The number of likely N-dealkylation sites (N-methyl/N-ethyl adjacent to an activating group) is 1. The van der Waals surface area contributed by atoms with Crippen LogP contribution in [0.4, 0.5) is 0 Å². The van der Waals surface area contributed by atoms with Gasteiger partial charge in [-0.15, -0.1) is 0 Å². The van der Waals surface area contributed by atoms with Gasteiger partial charge in [0.2, 0.25) is 0 Å². The van der Waals surface area contributed by atoms with Crippen LogP contribution in [0.15, 0.2) is 122 Å². The molecule has 0 aromatic carbocycles. The van der Waals surface area contributed by atoms with E-state index in [0.717, 1.165) is 96.3 Å². The van der Waals surface area contributed by atoms with E-state index in [-0.39, 0.29) is 55.5 Å². The number of rotatable bonds is 42. The average Bonchev–Trinajstić information content (AvgIpc) is 3.26. The van der Waals surface area contributed by atoms with Gasteiger partial charge in [0, 0.05) is 19.3 Å². The first-order valence-corrected chi connectivity index (χ1v) is 24.6. The van der Waals surface area contributed by atoms with Crippen LogP contribution >= 0.6 is 0 Å². The summed E-state index contributed by atoms with van der Waals surface area (Å²) >= 11 is 0. The quantitative estimate of drug-likeness (QED) is 0.0260. The van der Waals surface area contributed by atoms with Gasteiger partial charge in [0.25, 0.3) is 0 Å². The zero-order valence-corrected chi connectivity index (χ0v) is 40.9. The van der Waals surface area contributed by atoms with E-state index in [1.807, 2.05) is 12.2 Å². The summed E-state index contributed by atoms with van der Waals surface area (Å²) in [5.74, 6) is -1.88. The van der Waals surface area contributed by atoms with Crippen molar-refractivity contribution < 1.29 is 38.2 Å². The molecule has 0 aromatic heterocycles. The molecule has 0 radical (unpaired) electrons. The van der Waals surface area contributed by atoms with Gasteiger partial charge in [-0.05, 0) is 96.3 Å². The van der Waals surface area contributed by atoms with Gasteiger partial charge in [0.1, 0.15) is 12.6 Å². The Balaban J connectivity index is 4.47. The lowest BCUT2D eigenvalue weighted by atomic mass is 10.1. The SMILES string of the molecule is CC/C=C/C/C=C/C/C=C/C/C=C/C/C=C/C/C=C/CCC(=O)OCC(COCCC(C(=O)[O-])[N+](C)(C)C)OC(=O)CCCCCCC/C=C/C/C=C/C/C=C/C/C=C/CCCCC. The maximum absolute atomic E-state index is 12.8. The van der Waals surface area contributed by atoms with Crippen molar-refractivity contribution >= 4 is 17.9 Å². The lowest BCUT2D eigenvalue weighted by molar-refractivity contribution is -0.889. The van der Waals surface area contributed by atoms with Gasteiger partial charge in [0.15, 0.2) is 6.10 Å². The molecule has 0 aliphatic rings. The average molecular weight is 888 g/mol. The summed E-state index contributed by atoms with van der Waals surface area (Å²) in [6.07, 6.45) is 63.8. The fraction of sp³-hybridized carbons (Fsp3) is 0.589. The number of unbranched alkanes of at least 4 members (excludes halogenated alkanes) is 8. The largest absolute Gasteiger partial charge is 0.544 e.